The minimum Gasteiger partial charge on any atom is -0.477 e. The van der Waals surface area contributed by atoms with Crippen molar-refractivity contribution in [1.82, 2.24) is 4.90 Å². The number of piperidine rings is 1. The molecule has 0 bridgehead atoms. The summed E-state index contributed by atoms with van der Waals surface area (Å²) in [5.74, 6) is -1.09. The summed E-state index contributed by atoms with van der Waals surface area (Å²) in [6, 6.07) is 3.08. The van der Waals surface area contributed by atoms with E-state index in [1.165, 1.54) is 6.07 Å². The number of ether oxygens (including phenoxy) is 2. The Kier molecular flexibility index (Phi) is 4.70. The van der Waals surface area contributed by atoms with Gasteiger partial charge in [0.2, 0.25) is 0 Å². The lowest BCUT2D eigenvalue weighted by Crippen LogP contribution is -2.56. The van der Waals surface area contributed by atoms with Gasteiger partial charge < -0.3 is 19.5 Å². The number of nitrogens with zero attached hydrogens (tertiary/aromatic N) is 1. The fourth-order valence-electron chi connectivity index (χ4n) is 3.51. The number of amides is 1. The molecule has 3 rings (SSSR count). The van der Waals surface area contributed by atoms with E-state index in [0.29, 0.717) is 18.0 Å². The topological polar surface area (TPSA) is 76.1 Å². The highest BCUT2D eigenvalue weighted by molar-refractivity contribution is 7.15. The average molecular weight is 339 g/mol. The van der Waals surface area contributed by atoms with E-state index in [1.54, 1.807) is 18.1 Å². The average Bonchev–Trinajstić information content (AvgIpc) is 3.06. The molecule has 126 valence electrons. The zero-order valence-corrected chi connectivity index (χ0v) is 13.9. The summed E-state index contributed by atoms with van der Waals surface area (Å²) in [5.41, 5.74) is -0.272. The van der Waals surface area contributed by atoms with Gasteiger partial charge in [0.25, 0.3) is 5.91 Å². The number of rotatable bonds is 3. The third kappa shape index (κ3) is 3.13. The number of methoxy groups -OCH3 is 1. The van der Waals surface area contributed by atoms with Crippen molar-refractivity contribution in [2.75, 3.05) is 26.8 Å². The Hall–Kier alpha value is -1.44. The van der Waals surface area contributed by atoms with Crippen LogP contribution in [0.3, 0.4) is 0 Å². The highest BCUT2D eigenvalue weighted by atomic mass is 32.1. The smallest absolute Gasteiger partial charge is 0.345 e. The van der Waals surface area contributed by atoms with Gasteiger partial charge in [-0.15, -0.1) is 11.3 Å². The largest absolute Gasteiger partial charge is 0.477 e. The summed E-state index contributed by atoms with van der Waals surface area (Å²) >= 11 is 1.03. The van der Waals surface area contributed by atoms with Crippen LogP contribution in [0.15, 0.2) is 12.1 Å². The number of hydrogen-bond acceptors (Lipinski definition) is 5. The molecule has 1 aromatic rings. The molecule has 1 spiro atoms. The highest BCUT2D eigenvalue weighted by Gasteiger charge is 2.45. The molecule has 2 fully saturated rings. The van der Waals surface area contributed by atoms with Crippen LogP contribution < -0.4 is 0 Å². The maximum Gasteiger partial charge on any atom is 0.345 e. The summed E-state index contributed by atoms with van der Waals surface area (Å²) in [6.45, 7) is 1.97. The van der Waals surface area contributed by atoms with Gasteiger partial charge in [0.05, 0.1) is 16.6 Å². The van der Waals surface area contributed by atoms with Crippen LogP contribution in [0, 0.1) is 0 Å². The van der Waals surface area contributed by atoms with E-state index >= 15 is 0 Å². The maximum atomic E-state index is 12.5. The van der Waals surface area contributed by atoms with E-state index in [9.17, 15) is 9.59 Å². The van der Waals surface area contributed by atoms with Crippen LogP contribution >= 0.6 is 11.3 Å². The summed E-state index contributed by atoms with van der Waals surface area (Å²) < 4.78 is 11.6. The molecule has 0 aromatic carbocycles. The van der Waals surface area contributed by atoms with E-state index in [0.717, 1.165) is 43.6 Å². The molecule has 0 saturated carbocycles. The molecule has 23 heavy (non-hydrogen) atoms. The molecule has 2 aliphatic heterocycles. The first-order valence-electron chi connectivity index (χ1n) is 7.85. The Labute approximate surface area is 139 Å². The standard InChI is InChI=1S/C16H21NO5S/c1-21-13-3-2-10-22-16(13)6-8-17(9-7-16)14(18)11-4-5-12(23-11)15(19)20/h4-5,13H,2-3,6-10H2,1H3,(H,19,20)/t13-/m1/s1. The second kappa shape index (κ2) is 6.59. The monoisotopic (exact) mass is 339 g/mol. The molecule has 2 saturated heterocycles. The molecule has 0 radical (unpaired) electrons. The number of carboxylic acids is 1. The number of thiophene rings is 1. The van der Waals surface area contributed by atoms with E-state index in [4.69, 9.17) is 14.6 Å². The second-order valence-electron chi connectivity index (χ2n) is 6.04. The molecule has 1 atom stereocenters. The van der Waals surface area contributed by atoms with Gasteiger partial charge in [0.15, 0.2) is 0 Å². The van der Waals surface area contributed by atoms with Crippen molar-refractivity contribution in [2.24, 2.45) is 0 Å². The predicted octanol–water partition coefficient (Wildman–Crippen LogP) is 2.25. The van der Waals surface area contributed by atoms with Crippen LogP contribution in [0.25, 0.3) is 0 Å². The quantitative estimate of drug-likeness (QED) is 0.914. The van der Waals surface area contributed by atoms with Crippen LogP contribution in [0.2, 0.25) is 0 Å². The Bertz CT molecular complexity index is 591. The Morgan fingerprint density at radius 3 is 2.65 bits per heavy atom. The van der Waals surface area contributed by atoms with Gasteiger partial charge >= 0.3 is 5.97 Å². The number of likely N-dealkylation sites (tertiary alicyclic amines) is 1. The summed E-state index contributed by atoms with van der Waals surface area (Å²) in [7, 11) is 1.72. The Morgan fingerprint density at radius 2 is 2.04 bits per heavy atom. The van der Waals surface area contributed by atoms with Crippen molar-refractivity contribution < 1.29 is 24.2 Å². The third-order valence-electron chi connectivity index (χ3n) is 4.80. The molecule has 0 unspecified atom stereocenters. The molecular weight excluding hydrogens is 318 g/mol. The van der Waals surface area contributed by atoms with Crippen LogP contribution in [0.1, 0.15) is 45.0 Å². The van der Waals surface area contributed by atoms with Gasteiger partial charge in [-0.2, -0.15) is 0 Å². The predicted molar refractivity (Wildman–Crippen MR) is 85.1 cm³/mol. The van der Waals surface area contributed by atoms with E-state index < -0.39 is 5.97 Å². The minimum absolute atomic E-state index is 0.0915. The van der Waals surface area contributed by atoms with Gasteiger partial charge in [-0.25, -0.2) is 4.79 Å². The maximum absolute atomic E-state index is 12.5. The first-order chi connectivity index (χ1) is 11.1. The lowest BCUT2D eigenvalue weighted by Gasteiger charge is -2.47. The summed E-state index contributed by atoms with van der Waals surface area (Å²) in [6.07, 6.45) is 3.62. The molecule has 1 aromatic heterocycles. The number of hydrogen-bond donors (Lipinski definition) is 1. The number of carbonyl (C=O) groups is 2. The van der Waals surface area contributed by atoms with Gasteiger partial charge in [0, 0.05) is 26.8 Å². The second-order valence-corrected chi connectivity index (χ2v) is 7.12. The van der Waals surface area contributed by atoms with Crippen LogP contribution in [0.4, 0.5) is 0 Å². The van der Waals surface area contributed by atoms with Gasteiger partial charge in [-0.1, -0.05) is 0 Å². The molecule has 7 heteroatoms. The van der Waals surface area contributed by atoms with Crippen molar-refractivity contribution >= 4 is 23.2 Å². The van der Waals surface area contributed by atoms with E-state index in [-0.39, 0.29) is 22.5 Å². The van der Waals surface area contributed by atoms with Crippen LogP contribution in [0.5, 0.6) is 0 Å². The number of carboxylic acid groups (broad SMARTS) is 1. The number of carbonyl (C=O) groups excluding carboxylic acids is 1. The van der Waals surface area contributed by atoms with Crippen molar-refractivity contribution in [3.05, 3.63) is 21.9 Å². The van der Waals surface area contributed by atoms with Crippen molar-refractivity contribution in [3.63, 3.8) is 0 Å². The normalized spacial score (nSPS) is 23.9. The third-order valence-corrected chi connectivity index (χ3v) is 5.86. The number of aromatic carboxylic acids is 1. The molecule has 6 nitrogen and oxygen atoms in total. The van der Waals surface area contributed by atoms with E-state index in [2.05, 4.69) is 0 Å². The Morgan fingerprint density at radius 1 is 1.35 bits per heavy atom. The van der Waals surface area contributed by atoms with Crippen LogP contribution in [-0.4, -0.2) is 60.4 Å². The lowest BCUT2D eigenvalue weighted by molar-refractivity contribution is -0.183. The molecule has 1 N–H and O–H groups in total. The zero-order valence-electron chi connectivity index (χ0n) is 13.1. The summed E-state index contributed by atoms with van der Waals surface area (Å²) in [4.78, 5) is 25.9. The van der Waals surface area contributed by atoms with Crippen LogP contribution in [-0.2, 0) is 9.47 Å². The van der Waals surface area contributed by atoms with Crippen molar-refractivity contribution in [3.8, 4) is 0 Å². The fourth-order valence-corrected chi connectivity index (χ4v) is 4.32. The van der Waals surface area contributed by atoms with Gasteiger partial charge in [0.1, 0.15) is 4.88 Å². The molecule has 0 aliphatic carbocycles. The highest BCUT2D eigenvalue weighted by Crippen LogP contribution is 2.37. The molecule has 1 amide bonds. The molecule has 2 aliphatic rings. The summed E-state index contributed by atoms with van der Waals surface area (Å²) in [5, 5.41) is 8.97. The van der Waals surface area contributed by atoms with Crippen molar-refractivity contribution in [1.29, 1.82) is 0 Å². The van der Waals surface area contributed by atoms with E-state index in [1.807, 2.05) is 0 Å². The zero-order chi connectivity index (χ0) is 16.4. The first kappa shape index (κ1) is 16.4. The van der Waals surface area contributed by atoms with Gasteiger partial charge in [-0.3, -0.25) is 4.79 Å². The Balaban J connectivity index is 1.66. The fraction of sp³-hybridized carbons (Fsp3) is 0.625. The van der Waals surface area contributed by atoms with Crippen molar-refractivity contribution in [2.45, 2.75) is 37.4 Å². The first-order valence-corrected chi connectivity index (χ1v) is 8.66. The SMILES string of the molecule is CO[C@@H]1CCCOC12CCN(C(=O)c1ccc(C(=O)O)s1)CC2. The van der Waals surface area contributed by atoms with Gasteiger partial charge in [-0.05, 0) is 37.8 Å². The molecule has 3 heterocycles. The minimum atomic E-state index is -0.995. The lowest BCUT2D eigenvalue weighted by atomic mass is 9.82. The molecular formula is C16H21NO5S.